The highest BCUT2D eigenvalue weighted by Crippen LogP contribution is 2.37. The Morgan fingerprint density at radius 1 is 1.44 bits per heavy atom. The third kappa shape index (κ3) is 1.46. The molecule has 0 amide bonds. The maximum absolute atomic E-state index is 13.2. The number of aromatic nitrogens is 2. The number of imidazole rings is 1. The van der Waals surface area contributed by atoms with Crippen LogP contribution in [0, 0.1) is 5.82 Å². The zero-order valence-corrected chi connectivity index (χ0v) is 8.61. The van der Waals surface area contributed by atoms with Crippen molar-refractivity contribution in [1.82, 2.24) is 9.97 Å². The molecule has 0 aliphatic carbocycles. The molecule has 82 valence electrons. The third-order valence-corrected chi connectivity index (χ3v) is 2.91. The molecule has 1 aromatic carbocycles. The Kier molecular flexibility index (Phi) is 2.13. The Labute approximate surface area is 92.3 Å². The fourth-order valence-corrected chi connectivity index (χ4v) is 2.15. The van der Waals surface area contributed by atoms with Crippen molar-refractivity contribution < 1.29 is 9.13 Å². The smallest absolute Gasteiger partial charge is 0.123 e. The van der Waals surface area contributed by atoms with E-state index in [0.717, 1.165) is 23.4 Å². The SMILES string of the molecule is Fc1ccc2c(c1)C(c1cnc[nH]1)CCO2. The minimum absolute atomic E-state index is 0.155. The average Bonchev–Trinajstić information content (AvgIpc) is 2.81. The topological polar surface area (TPSA) is 37.9 Å². The first-order chi connectivity index (χ1) is 7.84. The van der Waals surface area contributed by atoms with E-state index < -0.39 is 0 Å². The largest absolute Gasteiger partial charge is 0.493 e. The van der Waals surface area contributed by atoms with E-state index in [1.165, 1.54) is 6.07 Å². The quantitative estimate of drug-likeness (QED) is 0.798. The number of nitrogens with zero attached hydrogens (tertiary/aromatic N) is 1. The Morgan fingerprint density at radius 2 is 2.38 bits per heavy atom. The van der Waals surface area contributed by atoms with E-state index >= 15 is 0 Å². The molecule has 0 spiro atoms. The van der Waals surface area contributed by atoms with E-state index in [1.807, 2.05) is 0 Å². The maximum atomic E-state index is 13.2. The van der Waals surface area contributed by atoms with Crippen LogP contribution in [0.1, 0.15) is 23.6 Å². The second-order valence-corrected chi connectivity index (χ2v) is 3.88. The first-order valence-electron chi connectivity index (χ1n) is 5.25. The van der Waals surface area contributed by atoms with Crippen molar-refractivity contribution in [3.8, 4) is 5.75 Å². The number of fused-ring (bicyclic) bond motifs is 1. The molecule has 3 nitrogen and oxygen atoms in total. The van der Waals surface area contributed by atoms with Gasteiger partial charge in [-0.1, -0.05) is 0 Å². The van der Waals surface area contributed by atoms with Gasteiger partial charge in [-0.2, -0.15) is 0 Å². The number of ether oxygens (including phenoxy) is 1. The second-order valence-electron chi connectivity index (χ2n) is 3.88. The summed E-state index contributed by atoms with van der Waals surface area (Å²) in [5.74, 6) is 0.697. The summed E-state index contributed by atoms with van der Waals surface area (Å²) in [6.45, 7) is 0.655. The van der Waals surface area contributed by atoms with Crippen molar-refractivity contribution in [3.63, 3.8) is 0 Å². The van der Waals surface area contributed by atoms with Crippen LogP contribution in [0.15, 0.2) is 30.7 Å². The van der Waals surface area contributed by atoms with Gasteiger partial charge in [0.15, 0.2) is 0 Å². The van der Waals surface area contributed by atoms with E-state index in [0.29, 0.717) is 6.61 Å². The van der Waals surface area contributed by atoms with E-state index in [1.54, 1.807) is 24.7 Å². The van der Waals surface area contributed by atoms with Crippen molar-refractivity contribution in [2.45, 2.75) is 12.3 Å². The molecule has 3 rings (SSSR count). The van der Waals surface area contributed by atoms with Crippen LogP contribution in [-0.2, 0) is 0 Å². The van der Waals surface area contributed by atoms with Crippen LogP contribution in [-0.4, -0.2) is 16.6 Å². The van der Waals surface area contributed by atoms with Gasteiger partial charge in [0, 0.05) is 23.4 Å². The normalized spacial score (nSPS) is 18.9. The van der Waals surface area contributed by atoms with Crippen molar-refractivity contribution >= 4 is 0 Å². The Hall–Kier alpha value is -1.84. The Bertz CT molecular complexity index is 496. The lowest BCUT2D eigenvalue weighted by Crippen LogP contribution is -2.15. The zero-order valence-electron chi connectivity index (χ0n) is 8.61. The van der Waals surface area contributed by atoms with Gasteiger partial charge in [0.25, 0.3) is 0 Å². The highest BCUT2D eigenvalue weighted by molar-refractivity contribution is 5.41. The summed E-state index contributed by atoms with van der Waals surface area (Å²) in [6.07, 6.45) is 4.27. The highest BCUT2D eigenvalue weighted by Gasteiger charge is 2.24. The van der Waals surface area contributed by atoms with Gasteiger partial charge in [0.2, 0.25) is 0 Å². The van der Waals surface area contributed by atoms with Gasteiger partial charge in [-0.15, -0.1) is 0 Å². The molecular weight excluding hydrogens is 207 g/mol. The number of aromatic amines is 1. The molecule has 0 saturated heterocycles. The zero-order chi connectivity index (χ0) is 11.0. The molecule has 1 N–H and O–H groups in total. The molecule has 1 aliphatic rings. The number of rotatable bonds is 1. The van der Waals surface area contributed by atoms with Crippen LogP contribution in [0.3, 0.4) is 0 Å². The van der Waals surface area contributed by atoms with Crippen LogP contribution in [0.2, 0.25) is 0 Å². The van der Waals surface area contributed by atoms with E-state index in [4.69, 9.17) is 4.74 Å². The molecule has 0 saturated carbocycles. The molecule has 4 heteroatoms. The van der Waals surface area contributed by atoms with Gasteiger partial charge in [-0.05, 0) is 24.6 Å². The summed E-state index contributed by atoms with van der Waals surface area (Å²) >= 11 is 0. The molecule has 2 heterocycles. The first-order valence-corrected chi connectivity index (χ1v) is 5.25. The summed E-state index contributed by atoms with van der Waals surface area (Å²) < 4.78 is 18.7. The monoisotopic (exact) mass is 218 g/mol. The van der Waals surface area contributed by atoms with Gasteiger partial charge >= 0.3 is 0 Å². The lowest BCUT2D eigenvalue weighted by molar-refractivity contribution is 0.275. The van der Waals surface area contributed by atoms with Crippen LogP contribution >= 0.6 is 0 Å². The molecule has 1 atom stereocenters. The van der Waals surface area contributed by atoms with Crippen LogP contribution in [0.5, 0.6) is 5.75 Å². The van der Waals surface area contributed by atoms with Gasteiger partial charge in [-0.3, -0.25) is 0 Å². The van der Waals surface area contributed by atoms with Crippen molar-refractivity contribution in [2.24, 2.45) is 0 Å². The van der Waals surface area contributed by atoms with Gasteiger partial charge in [-0.25, -0.2) is 9.37 Å². The molecule has 1 aliphatic heterocycles. The summed E-state index contributed by atoms with van der Waals surface area (Å²) in [4.78, 5) is 7.08. The minimum Gasteiger partial charge on any atom is -0.493 e. The number of hydrogen-bond donors (Lipinski definition) is 1. The predicted octanol–water partition coefficient (Wildman–Crippen LogP) is 2.46. The van der Waals surface area contributed by atoms with Crippen molar-refractivity contribution in [3.05, 3.63) is 47.8 Å². The number of hydrogen-bond acceptors (Lipinski definition) is 2. The Balaban J connectivity index is 2.08. The fourth-order valence-electron chi connectivity index (χ4n) is 2.15. The van der Waals surface area contributed by atoms with Crippen molar-refractivity contribution in [1.29, 1.82) is 0 Å². The molecule has 1 unspecified atom stereocenters. The Morgan fingerprint density at radius 3 is 3.19 bits per heavy atom. The number of nitrogens with one attached hydrogen (secondary N) is 1. The van der Waals surface area contributed by atoms with E-state index in [-0.39, 0.29) is 11.7 Å². The molecule has 0 bridgehead atoms. The summed E-state index contributed by atoms with van der Waals surface area (Å²) in [6, 6.07) is 4.65. The van der Waals surface area contributed by atoms with Gasteiger partial charge < -0.3 is 9.72 Å². The maximum Gasteiger partial charge on any atom is 0.123 e. The fraction of sp³-hybridized carbons (Fsp3) is 0.250. The summed E-state index contributed by atoms with van der Waals surface area (Å²) in [5, 5.41) is 0. The molecule has 1 aromatic heterocycles. The molecule has 2 aromatic rings. The lowest BCUT2D eigenvalue weighted by Gasteiger charge is -2.24. The van der Waals surface area contributed by atoms with Crippen molar-refractivity contribution in [2.75, 3.05) is 6.61 Å². The standard InChI is InChI=1S/C12H11FN2O/c13-8-1-2-12-10(5-8)9(3-4-16-12)11-6-14-7-15-11/h1-2,5-7,9H,3-4H2,(H,14,15). The minimum atomic E-state index is -0.228. The second kappa shape index (κ2) is 3.63. The number of benzene rings is 1. The van der Waals surface area contributed by atoms with Gasteiger partial charge in [0.05, 0.1) is 12.9 Å². The van der Waals surface area contributed by atoms with E-state index in [9.17, 15) is 4.39 Å². The molecule has 0 fully saturated rings. The van der Waals surface area contributed by atoms with Crippen LogP contribution in [0.4, 0.5) is 4.39 Å². The van der Waals surface area contributed by atoms with E-state index in [2.05, 4.69) is 9.97 Å². The highest BCUT2D eigenvalue weighted by atomic mass is 19.1. The summed E-state index contributed by atoms with van der Waals surface area (Å²) in [7, 11) is 0. The molecule has 0 radical (unpaired) electrons. The van der Waals surface area contributed by atoms with Crippen LogP contribution in [0.25, 0.3) is 0 Å². The molecule has 16 heavy (non-hydrogen) atoms. The molecular formula is C12H11FN2O. The third-order valence-electron chi connectivity index (χ3n) is 2.91. The number of halogens is 1. The van der Waals surface area contributed by atoms with Crippen LogP contribution < -0.4 is 4.74 Å². The predicted molar refractivity (Wildman–Crippen MR) is 56.9 cm³/mol. The first kappa shape index (κ1) is 9.39. The average molecular weight is 218 g/mol. The van der Waals surface area contributed by atoms with Gasteiger partial charge in [0.1, 0.15) is 11.6 Å². The summed E-state index contributed by atoms with van der Waals surface area (Å²) in [5.41, 5.74) is 1.91. The number of H-pyrrole nitrogens is 1. The lowest BCUT2D eigenvalue weighted by atomic mass is 9.90.